The van der Waals surface area contributed by atoms with Crippen molar-refractivity contribution in [2.75, 3.05) is 32.8 Å². The second-order valence-corrected chi connectivity index (χ2v) is 8.61. The summed E-state index contributed by atoms with van der Waals surface area (Å²) in [5.74, 6) is 1.27. The Kier molecular flexibility index (Phi) is 10.9. The third-order valence-electron chi connectivity index (χ3n) is 5.98. The van der Waals surface area contributed by atoms with Gasteiger partial charge in [-0.2, -0.15) is 0 Å². The number of nitrogens with zero attached hydrogens (tertiary/aromatic N) is 3. The van der Waals surface area contributed by atoms with Crippen LogP contribution < -0.4 is 11.1 Å². The molecule has 0 aliphatic carbocycles. The first-order chi connectivity index (χ1) is 14.5. The van der Waals surface area contributed by atoms with E-state index in [9.17, 15) is 4.79 Å². The number of carbonyl (C=O) groups excluding carboxylic acids is 1. The van der Waals surface area contributed by atoms with Gasteiger partial charge in [0.25, 0.3) is 0 Å². The smallest absolute Gasteiger partial charge is 0.409 e. The number of nitrogens with two attached hydrogens (primary N) is 1. The van der Waals surface area contributed by atoms with E-state index in [1.807, 2.05) is 6.92 Å². The molecule has 2 saturated heterocycles. The summed E-state index contributed by atoms with van der Waals surface area (Å²) in [4.78, 5) is 20.6. The van der Waals surface area contributed by atoms with Crippen LogP contribution in [0.3, 0.4) is 0 Å². The van der Waals surface area contributed by atoms with Crippen LogP contribution in [0.15, 0.2) is 29.3 Å². The Morgan fingerprint density at radius 2 is 1.84 bits per heavy atom. The van der Waals surface area contributed by atoms with Gasteiger partial charge in [0.15, 0.2) is 5.96 Å². The monoisotopic (exact) mass is 543 g/mol. The molecular formula is C23H38IN5O2. The predicted octanol–water partition coefficient (Wildman–Crippen LogP) is 3.56. The van der Waals surface area contributed by atoms with Crippen LogP contribution >= 0.6 is 24.0 Å². The van der Waals surface area contributed by atoms with E-state index in [4.69, 9.17) is 10.5 Å². The van der Waals surface area contributed by atoms with Crippen LogP contribution in [0.4, 0.5) is 4.79 Å². The SMILES string of the molecule is CCOC(=O)N1CCC(NC(N)=NCc2ccc(CN3CCCC(C)C3)cc2)CC1.I. The van der Waals surface area contributed by atoms with Gasteiger partial charge >= 0.3 is 6.09 Å². The van der Waals surface area contributed by atoms with Crippen LogP contribution in [0, 0.1) is 5.92 Å². The Hall–Kier alpha value is -1.55. The molecule has 1 aromatic carbocycles. The van der Waals surface area contributed by atoms with Crippen LogP contribution in [0.25, 0.3) is 0 Å². The Morgan fingerprint density at radius 1 is 1.16 bits per heavy atom. The second-order valence-electron chi connectivity index (χ2n) is 8.61. The molecule has 7 nitrogen and oxygen atoms in total. The van der Waals surface area contributed by atoms with E-state index in [1.165, 1.54) is 31.5 Å². The molecule has 0 spiro atoms. The van der Waals surface area contributed by atoms with Crippen LogP contribution in [0.1, 0.15) is 50.7 Å². The predicted molar refractivity (Wildman–Crippen MR) is 136 cm³/mol. The summed E-state index contributed by atoms with van der Waals surface area (Å²) in [6.07, 6.45) is 4.13. The van der Waals surface area contributed by atoms with Crippen molar-refractivity contribution in [3.8, 4) is 0 Å². The molecule has 3 N–H and O–H groups in total. The highest BCUT2D eigenvalue weighted by Gasteiger charge is 2.23. The number of benzene rings is 1. The van der Waals surface area contributed by atoms with E-state index >= 15 is 0 Å². The van der Waals surface area contributed by atoms with Gasteiger partial charge in [-0.05, 0) is 56.2 Å². The van der Waals surface area contributed by atoms with E-state index in [1.54, 1.807) is 4.90 Å². The number of carbonyl (C=O) groups is 1. The molecule has 1 amide bonds. The van der Waals surface area contributed by atoms with Gasteiger partial charge in [0.1, 0.15) is 0 Å². The topological polar surface area (TPSA) is 83.2 Å². The van der Waals surface area contributed by atoms with Crippen molar-refractivity contribution in [3.63, 3.8) is 0 Å². The number of hydrogen-bond acceptors (Lipinski definition) is 4. The minimum Gasteiger partial charge on any atom is -0.450 e. The fraction of sp³-hybridized carbons (Fsp3) is 0.652. The number of guanidine groups is 1. The fourth-order valence-electron chi connectivity index (χ4n) is 4.29. The van der Waals surface area contributed by atoms with E-state index in [2.05, 4.69) is 46.4 Å². The van der Waals surface area contributed by atoms with Gasteiger partial charge in [0.2, 0.25) is 0 Å². The highest BCUT2D eigenvalue weighted by atomic mass is 127. The van der Waals surface area contributed by atoms with E-state index in [-0.39, 0.29) is 36.1 Å². The van der Waals surface area contributed by atoms with Crippen LogP contribution in [-0.2, 0) is 17.8 Å². The Bertz CT molecular complexity index is 704. The van der Waals surface area contributed by atoms with Crippen molar-refractivity contribution in [2.45, 2.75) is 58.7 Å². The summed E-state index contributed by atoms with van der Waals surface area (Å²) in [6.45, 7) is 9.95. The van der Waals surface area contributed by atoms with Gasteiger partial charge in [0.05, 0.1) is 13.2 Å². The minimum atomic E-state index is -0.226. The average Bonchev–Trinajstić information content (AvgIpc) is 2.74. The summed E-state index contributed by atoms with van der Waals surface area (Å²) in [5, 5.41) is 3.29. The minimum absolute atomic E-state index is 0. The van der Waals surface area contributed by atoms with Crippen LogP contribution in [0.2, 0.25) is 0 Å². The number of amides is 1. The maximum absolute atomic E-state index is 11.8. The lowest BCUT2D eigenvalue weighted by Gasteiger charge is -2.31. The molecule has 2 heterocycles. The highest BCUT2D eigenvalue weighted by Crippen LogP contribution is 2.18. The van der Waals surface area contributed by atoms with Crippen LogP contribution in [0.5, 0.6) is 0 Å². The maximum Gasteiger partial charge on any atom is 0.409 e. The number of likely N-dealkylation sites (tertiary alicyclic amines) is 2. The molecular weight excluding hydrogens is 505 g/mol. The Labute approximate surface area is 203 Å². The zero-order valence-corrected chi connectivity index (χ0v) is 21.2. The Morgan fingerprint density at radius 3 is 2.48 bits per heavy atom. The summed E-state index contributed by atoms with van der Waals surface area (Å²) < 4.78 is 5.06. The van der Waals surface area contributed by atoms with E-state index in [0.717, 1.165) is 30.9 Å². The van der Waals surface area contributed by atoms with Crippen molar-refractivity contribution in [1.29, 1.82) is 0 Å². The third-order valence-corrected chi connectivity index (χ3v) is 5.98. The number of ether oxygens (including phenoxy) is 1. The van der Waals surface area contributed by atoms with Crippen LogP contribution in [-0.4, -0.2) is 60.7 Å². The van der Waals surface area contributed by atoms with Gasteiger partial charge in [-0.1, -0.05) is 31.2 Å². The van der Waals surface area contributed by atoms with E-state index < -0.39 is 0 Å². The number of hydrogen-bond donors (Lipinski definition) is 2. The summed E-state index contributed by atoms with van der Waals surface area (Å²) in [7, 11) is 0. The molecule has 174 valence electrons. The number of halogens is 1. The molecule has 31 heavy (non-hydrogen) atoms. The van der Waals surface area contributed by atoms with Crippen molar-refractivity contribution in [2.24, 2.45) is 16.6 Å². The fourth-order valence-corrected chi connectivity index (χ4v) is 4.29. The molecule has 2 fully saturated rings. The normalized spacial score (nSPS) is 20.8. The van der Waals surface area contributed by atoms with Crippen molar-refractivity contribution < 1.29 is 9.53 Å². The molecule has 8 heteroatoms. The third kappa shape index (κ3) is 8.48. The number of piperidine rings is 2. The number of rotatable bonds is 6. The van der Waals surface area contributed by atoms with Crippen molar-refractivity contribution in [3.05, 3.63) is 35.4 Å². The van der Waals surface area contributed by atoms with Gasteiger partial charge in [-0.25, -0.2) is 9.79 Å². The van der Waals surface area contributed by atoms with Gasteiger partial charge in [0, 0.05) is 32.2 Å². The zero-order valence-electron chi connectivity index (χ0n) is 18.9. The molecule has 2 aliphatic rings. The molecule has 2 aliphatic heterocycles. The highest BCUT2D eigenvalue weighted by molar-refractivity contribution is 14.0. The maximum atomic E-state index is 11.8. The quantitative estimate of drug-likeness (QED) is 0.326. The molecule has 1 unspecified atom stereocenters. The summed E-state index contributed by atoms with van der Waals surface area (Å²) >= 11 is 0. The lowest BCUT2D eigenvalue weighted by atomic mass is 9.99. The van der Waals surface area contributed by atoms with Crippen molar-refractivity contribution in [1.82, 2.24) is 15.1 Å². The molecule has 3 rings (SSSR count). The number of aliphatic imine (C=N–C) groups is 1. The first kappa shape index (κ1) is 25.7. The summed E-state index contributed by atoms with van der Waals surface area (Å²) in [6, 6.07) is 8.96. The zero-order chi connectivity index (χ0) is 21.3. The summed E-state index contributed by atoms with van der Waals surface area (Å²) in [5.41, 5.74) is 8.61. The van der Waals surface area contributed by atoms with Crippen molar-refractivity contribution >= 4 is 36.0 Å². The molecule has 1 aromatic rings. The number of nitrogens with one attached hydrogen (secondary N) is 1. The van der Waals surface area contributed by atoms with E-state index in [0.29, 0.717) is 32.2 Å². The van der Waals surface area contributed by atoms with Gasteiger partial charge < -0.3 is 20.7 Å². The first-order valence-electron chi connectivity index (χ1n) is 11.3. The standard InChI is InChI=1S/C23H37N5O2.HI/c1-3-30-23(29)28-13-10-21(11-14-28)26-22(24)25-15-19-6-8-20(9-7-19)17-27-12-4-5-18(2)16-27;/h6-9,18,21H,3-5,10-17H2,1-2H3,(H3,24,25,26);1H. The lowest BCUT2D eigenvalue weighted by Crippen LogP contribution is -2.48. The lowest BCUT2D eigenvalue weighted by molar-refractivity contribution is 0.0963. The first-order valence-corrected chi connectivity index (χ1v) is 11.3. The second kappa shape index (κ2) is 13.1. The molecule has 0 radical (unpaired) electrons. The van der Waals surface area contributed by atoms with Gasteiger partial charge in [-0.3, -0.25) is 4.90 Å². The average molecular weight is 543 g/mol. The van der Waals surface area contributed by atoms with Gasteiger partial charge in [-0.15, -0.1) is 24.0 Å². The molecule has 0 saturated carbocycles. The largest absolute Gasteiger partial charge is 0.450 e. The molecule has 1 atom stereocenters. The Balaban J connectivity index is 0.00000341. The molecule has 0 bridgehead atoms. The molecule has 0 aromatic heterocycles.